The van der Waals surface area contributed by atoms with Gasteiger partial charge < -0.3 is 10.1 Å². The van der Waals surface area contributed by atoms with Crippen LogP contribution in [0.1, 0.15) is 24.2 Å². The van der Waals surface area contributed by atoms with Crippen LogP contribution in [-0.4, -0.2) is 51.2 Å². The van der Waals surface area contributed by atoms with Gasteiger partial charge in [-0.2, -0.15) is 0 Å². The summed E-state index contributed by atoms with van der Waals surface area (Å²) in [5.74, 6) is 0.821. The molecule has 2 fully saturated rings. The van der Waals surface area contributed by atoms with Gasteiger partial charge in [0.05, 0.1) is 30.1 Å². The van der Waals surface area contributed by atoms with Gasteiger partial charge in [-0.1, -0.05) is 6.07 Å². The fraction of sp³-hybridized carbons (Fsp3) is 0.500. The average Bonchev–Trinajstić information content (AvgIpc) is 3.15. The van der Waals surface area contributed by atoms with Crippen molar-refractivity contribution in [1.82, 2.24) is 19.9 Å². The van der Waals surface area contributed by atoms with Crippen LogP contribution in [0.5, 0.6) is 0 Å². The summed E-state index contributed by atoms with van der Waals surface area (Å²) >= 11 is 0. The van der Waals surface area contributed by atoms with Gasteiger partial charge in [-0.25, -0.2) is 4.98 Å². The number of rotatable bonds is 4. The molecule has 2 atom stereocenters. The van der Waals surface area contributed by atoms with Crippen molar-refractivity contribution >= 4 is 5.82 Å². The van der Waals surface area contributed by atoms with Gasteiger partial charge in [0.25, 0.3) is 0 Å². The topological polar surface area (TPSA) is 63.2 Å². The molecule has 0 unspecified atom stereocenters. The van der Waals surface area contributed by atoms with Crippen molar-refractivity contribution in [2.75, 3.05) is 25.0 Å². The summed E-state index contributed by atoms with van der Waals surface area (Å²) in [4.78, 5) is 15.5. The smallest absolute Gasteiger partial charge is 0.144 e. The van der Waals surface area contributed by atoms with Crippen molar-refractivity contribution in [3.63, 3.8) is 0 Å². The average molecular weight is 325 g/mol. The predicted molar refractivity (Wildman–Crippen MR) is 91.6 cm³/mol. The quantitative estimate of drug-likeness (QED) is 0.928. The molecular weight excluding hydrogens is 302 g/mol. The number of nitrogens with one attached hydrogen (secondary N) is 1. The molecule has 0 amide bonds. The van der Waals surface area contributed by atoms with E-state index >= 15 is 0 Å². The second-order valence-corrected chi connectivity index (χ2v) is 6.86. The molecule has 2 saturated heterocycles. The Balaban J connectivity index is 1.34. The van der Waals surface area contributed by atoms with E-state index in [2.05, 4.69) is 37.3 Å². The molecule has 2 aromatic heterocycles. The highest BCUT2D eigenvalue weighted by Crippen LogP contribution is 2.36. The summed E-state index contributed by atoms with van der Waals surface area (Å²) in [6, 6.07) is 6.53. The van der Waals surface area contributed by atoms with Crippen LogP contribution in [0.2, 0.25) is 0 Å². The van der Waals surface area contributed by atoms with Crippen molar-refractivity contribution in [1.29, 1.82) is 0 Å². The number of ether oxygens (including phenoxy) is 1. The van der Waals surface area contributed by atoms with E-state index in [1.165, 1.54) is 0 Å². The Bertz CT molecular complexity index is 695. The molecule has 0 bridgehead atoms. The van der Waals surface area contributed by atoms with E-state index in [-0.39, 0.29) is 5.60 Å². The Labute approximate surface area is 142 Å². The number of aromatic nitrogens is 3. The van der Waals surface area contributed by atoms with E-state index in [0.717, 1.165) is 56.3 Å². The Kier molecular flexibility index (Phi) is 4.16. The molecule has 4 heterocycles. The molecule has 0 aromatic carbocycles. The molecule has 2 aliphatic heterocycles. The van der Waals surface area contributed by atoms with Crippen LogP contribution >= 0.6 is 0 Å². The fourth-order valence-electron chi connectivity index (χ4n) is 3.78. The minimum Gasteiger partial charge on any atom is -0.371 e. The van der Waals surface area contributed by atoms with Crippen LogP contribution in [0, 0.1) is 6.92 Å². The molecular formula is C18H23N5O. The van der Waals surface area contributed by atoms with Gasteiger partial charge in [-0.05, 0) is 25.5 Å². The summed E-state index contributed by atoms with van der Waals surface area (Å²) in [5, 5.41) is 3.43. The number of aryl methyl sites for hydroxylation is 1. The third-order valence-electron chi connectivity index (χ3n) is 4.85. The maximum absolute atomic E-state index is 6.21. The lowest BCUT2D eigenvalue weighted by atomic mass is 9.97. The first-order valence-corrected chi connectivity index (χ1v) is 8.52. The van der Waals surface area contributed by atoms with Gasteiger partial charge in [0.15, 0.2) is 0 Å². The molecule has 2 aromatic rings. The zero-order valence-electron chi connectivity index (χ0n) is 14.0. The lowest BCUT2D eigenvalue weighted by molar-refractivity contribution is 0.0119. The third kappa shape index (κ3) is 3.39. The van der Waals surface area contributed by atoms with E-state index < -0.39 is 0 Å². The maximum atomic E-state index is 6.21. The summed E-state index contributed by atoms with van der Waals surface area (Å²) in [5.41, 5.74) is 2.19. The first-order valence-electron chi connectivity index (χ1n) is 8.52. The van der Waals surface area contributed by atoms with Gasteiger partial charge >= 0.3 is 0 Å². The second kappa shape index (κ2) is 6.45. The number of nitrogens with zero attached hydrogens (tertiary/aromatic N) is 4. The second-order valence-electron chi connectivity index (χ2n) is 6.86. The number of anilines is 1. The first-order chi connectivity index (χ1) is 11.7. The summed E-state index contributed by atoms with van der Waals surface area (Å²) in [6.07, 6.45) is 7.25. The Morgan fingerprint density at radius 1 is 1.38 bits per heavy atom. The SMILES string of the molecule is Cc1cccc(CN2CC[C@@]3(C[C@@H](Nc4cnccn4)CO3)C2)n1. The van der Waals surface area contributed by atoms with E-state index in [9.17, 15) is 0 Å². The third-order valence-corrected chi connectivity index (χ3v) is 4.85. The Hall–Kier alpha value is -2.05. The number of hydrogen-bond donors (Lipinski definition) is 1. The van der Waals surface area contributed by atoms with E-state index in [1.807, 2.05) is 13.0 Å². The molecule has 0 aliphatic carbocycles. The van der Waals surface area contributed by atoms with Crippen LogP contribution in [0.4, 0.5) is 5.82 Å². The summed E-state index contributed by atoms with van der Waals surface area (Å²) < 4.78 is 6.21. The zero-order chi connectivity index (χ0) is 16.4. The van der Waals surface area contributed by atoms with Crippen molar-refractivity contribution in [2.24, 2.45) is 0 Å². The van der Waals surface area contributed by atoms with E-state index in [4.69, 9.17) is 4.74 Å². The molecule has 6 nitrogen and oxygen atoms in total. The van der Waals surface area contributed by atoms with Crippen LogP contribution < -0.4 is 5.32 Å². The molecule has 2 aliphatic rings. The van der Waals surface area contributed by atoms with Crippen molar-refractivity contribution in [2.45, 2.75) is 38.0 Å². The zero-order valence-corrected chi connectivity index (χ0v) is 14.0. The highest BCUT2D eigenvalue weighted by Gasteiger charge is 2.45. The molecule has 0 radical (unpaired) electrons. The lowest BCUT2D eigenvalue weighted by Gasteiger charge is -2.23. The molecule has 4 rings (SSSR count). The van der Waals surface area contributed by atoms with Gasteiger partial charge in [-0.3, -0.25) is 14.9 Å². The summed E-state index contributed by atoms with van der Waals surface area (Å²) in [7, 11) is 0. The fourth-order valence-corrected chi connectivity index (χ4v) is 3.78. The largest absolute Gasteiger partial charge is 0.371 e. The van der Waals surface area contributed by atoms with Crippen molar-refractivity contribution < 1.29 is 4.74 Å². The van der Waals surface area contributed by atoms with Crippen molar-refractivity contribution in [3.8, 4) is 0 Å². The number of pyridine rings is 1. The molecule has 6 heteroatoms. The molecule has 0 saturated carbocycles. The minimum atomic E-state index is -0.0241. The predicted octanol–water partition coefficient (Wildman–Crippen LogP) is 2.03. The first kappa shape index (κ1) is 15.5. The van der Waals surface area contributed by atoms with Crippen LogP contribution in [0.25, 0.3) is 0 Å². The van der Waals surface area contributed by atoms with Gasteiger partial charge in [0.1, 0.15) is 5.82 Å². The Morgan fingerprint density at radius 3 is 3.17 bits per heavy atom. The standard InChI is InChI=1S/C18H23N5O/c1-14-3-2-4-15(21-14)11-23-8-5-18(13-23)9-16(12-24-18)22-17-10-19-6-7-20-17/h2-4,6-7,10,16H,5,8-9,11-13H2,1H3,(H,20,22)/t16-,18-/m1/s1. The van der Waals surface area contributed by atoms with Gasteiger partial charge in [-0.15, -0.1) is 0 Å². The minimum absolute atomic E-state index is 0.0241. The van der Waals surface area contributed by atoms with Gasteiger partial charge in [0.2, 0.25) is 0 Å². The van der Waals surface area contributed by atoms with Crippen LogP contribution in [0.15, 0.2) is 36.8 Å². The molecule has 24 heavy (non-hydrogen) atoms. The maximum Gasteiger partial charge on any atom is 0.144 e. The van der Waals surface area contributed by atoms with Crippen LogP contribution in [0.3, 0.4) is 0 Å². The molecule has 1 spiro atoms. The highest BCUT2D eigenvalue weighted by atomic mass is 16.5. The highest BCUT2D eigenvalue weighted by molar-refractivity contribution is 5.32. The lowest BCUT2D eigenvalue weighted by Crippen LogP contribution is -2.33. The number of likely N-dealkylation sites (tertiary alicyclic amines) is 1. The van der Waals surface area contributed by atoms with Gasteiger partial charge in [0, 0.05) is 44.1 Å². The number of hydrogen-bond acceptors (Lipinski definition) is 6. The van der Waals surface area contributed by atoms with Crippen LogP contribution in [-0.2, 0) is 11.3 Å². The Morgan fingerprint density at radius 2 is 2.33 bits per heavy atom. The normalized spacial score (nSPS) is 27.0. The molecule has 1 N–H and O–H groups in total. The summed E-state index contributed by atoms with van der Waals surface area (Å²) in [6.45, 7) is 5.70. The van der Waals surface area contributed by atoms with E-state index in [1.54, 1.807) is 18.6 Å². The monoisotopic (exact) mass is 325 g/mol. The molecule has 126 valence electrons. The van der Waals surface area contributed by atoms with Crippen molar-refractivity contribution in [3.05, 3.63) is 48.2 Å². The van der Waals surface area contributed by atoms with E-state index in [0.29, 0.717) is 6.04 Å².